The first kappa shape index (κ1) is 30.2. The quantitative estimate of drug-likeness (QED) is 0.322. The van der Waals surface area contributed by atoms with Gasteiger partial charge < -0.3 is 20.3 Å². The number of ether oxygens (including phenoxy) is 1. The number of unbranched alkanes of at least 4 members (excludes halogenated alkanes) is 3. The standard InChI is InChI=1S/C29H40ClN3O4/c1-7-8-9-12-18-33(24(34)19-31-28(36)37-29(4,5)6)26(22-16-11-10-14-20(22)2)27(35)32-25-21(3)15-13-17-23(25)30/h10-11,13-17,26H,7-9,12,18-19H2,1-6H3,(H,31,36)(H,32,35). The van der Waals surface area contributed by atoms with E-state index < -0.39 is 17.7 Å². The number of carbonyl (C=O) groups excluding carboxylic acids is 3. The van der Waals surface area contributed by atoms with Crippen LogP contribution >= 0.6 is 11.6 Å². The summed E-state index contributed by atoms with van der Waals surface area (Å²) in [6, 6.07) is 12.0. The van der Waals surface area contributed by atoms with E-state index in [0.29, 0.717) is 22.8 Å². The molecule has 0 spiro atoms. The maximum Gasteiger partial charge on any atom is 0.408 e. The molecule has 0 radical (unpaired) electrons. The number of nitrogens with one attached hydrogen (secondary N) is 2. The van der Waals surface area contributed by atoms with Gasteiger partial charge in [-0.05, 0) is 63.8 Å². The summed E-state index contributed by atoms with van der Waals surface area (Å²) in [5.41, 5.74) is 2.23. The number of aryl methyl sites for hydroxylation is 2. The van der Waals surface area contributed by atoms with Crippen molar-refractivity contribution >= 4 is 35.2 Å². The molecule has 2 N–H and O–H groups in total. The summed E-state index contributed by atoms with van der Waals surface area (Å²) in [6.45, 7) is 11.2. The number of nitrogens with zero attached hydrogens (tertiary/aromatic N) is 1. The second-order valence-corrected chi connectivity index (χ2v) is 10.6. The minimum atomic E-state index is -0.911. The first-order valence-corrected chi connectivity index (χ1v) is 13.2. The van der Waals surface area contributed by atoms with E-state index in [9.17, 15) is 14.4 Å². The number of anilines is 1. The van der Waals surface area contributed by atoms with Gasteiger partial charge in [-0.25, -0.2) is 4.79 Å². The van der Waals surface area contributed by atoms with Crippen molar-refractivity contribution in [1.82, 2.24) is 10.2 Å². The highest BCUT2D eigenvalue weighted by Crippen LogP contribution is 2.30. The second kappa shape index (κ2) is 14.0. The molecule has 1 unspecified atom stereocenters. The third-order valence-corrected chi connectivity index (χ3v) is 6.18. The number of alkyl carbamates (subject to hydrolysis) is 1. The van der Waals surface area contributed by atoms with Crippen molar-refractivity contribution in [2.45, 2.75) is 78.9 Å². The predicted molar refractivity (Wildman–Crippen MR) is 149 cm³/mol. The highest BCUT2D eigenvalue weighted by molar-refractivity contribution is 6.34. The van der Waals surface area contributed by atoms with Crippen LogP contribution in [0.15, 0.2) is 42.5 Å². The highest BCUT2D eigenvalue weighted by atomic mass is 35.5. The van der Waals surface area contributed by atoms with E-state index in [1.165, 1.54) is 0 Å². The number of amides is 3. The van der Waals surface area contributed by atoms with Crippen molar-refractivity contribution in [3.8, 4) is 0 Å². The van der Waals surface area contributed by atoms with E-state index in [1.807, 2.05) is 50.2 Å². The van der Waals surface area contributed by atoms with Gasteiger partial charge in [0.1, 0.15) is 18.2 Å². The molecule has 3 amide bonds. The number of para-hydroxylation sites is 1. The average Bonchev–Trinajstić information content (AvgIpc) is 2.81. The topological polar surface area (TPSA) is 87.7 Å². The summed E-state index contributed by atoms with van der Waals surface area (Å²) >= 11 is 6.40. The molecule has 2 aromatic rings. The molecule has 2 aromatic carbocycles. The summed E-state index contributed by atoms with van der Waals surface area (Å²) < 4.78 is 5.28. The van der Waals surface area contributed by atoms with E-state index in [1.54, 1.807) is 31.7 Å². The lowest BCUT2D eigenvalue weighted by Crippen LogP contribution is -2.47. The van der Waals surface area contributed by atoms with Crippen LogP contribution in [-0.2, 0) is 14.3 Å². The Morgan fingerprint density at radius 1 is 0.973 bits per heavy atom. The largest absolute Gasteiger partial charge is 0.444 e. The summed E-state index contributed by atoms with van der Waals surface area (Å²) in [4.78, 5) is 41.2. The Kier molecular flexibility index (Phi) is 11.4. The van der Waals surface area contributed by atoms with Gasteiger partial charge in [-0.2, -0.15) is 0 Å². The van der Waals surface area contributed by atoms with E-state index >= 15 is 0 Å². The van der Waals surface area contributed by atoms with Gasteiger partial charge in [0, 0.05) is 6.54 Å². The van der Waals surface area contributed by atoms with Gasteiger partial charge in [0.05, 0.1) is 10.7 Å². The first-order chi connectivity index (χ1) is 17.4. The normalized spacial score (nSPS) is 12.0. The number of benzene rings is 2. The molecule has 0 heterocycles. The third-order valence-electron chi connectivity index (χ3n) is 5.87. The maximum atomic E-state index is 13.9. The lowest BCUT2D eigenvalue weighted by atomic mass is 9.98. The van der Waals surface area contributed by atoms with Gasteiger partial charge in [-0.1, -0.05) is 74.2 Å². The van der Waals surface area contributed by atoms with Crippen molar-refractivity contribution in [3.63, 3.8) is 0 Å². The van der Waals surface area contributed by atoms with Crippen LogP contribution in [0.25, 0.3) is 0 Å². The minimum absolute atomic E-state index is 0.288. The third kappa shape index (κ3) is 9.39. The minimum Gasteiger partial charge on any atom is -0.444 e. The van der Waals surface area contributed by atoms with Crippen LogP contribution in [-0.4, -0.2) is 41.5 Å². The van der Waals surface area contributed by atoms with Crippen LogP contribution in [0, 0.1) is 13.8 Å². The molecule has 0 aliphatic heterocycles. The van der Waals surface area contributed by atoms with E-state index in [2.05, 4.69) is 17.6 Å². The number of halogens is 1. The fraction of sp³-hybridized carbons (Fsp3) is 0.483. The molecule has 1 atom stereocenters. The summed E-state index contributed by atoms with van der Waals surface area (Å²) in [6.07, 6.45) is 3.04. The van der Waals surface area contributed by atoms with Crippen molar-refractivity contribution in [3.05, 3.63) is 64.2 Å². The Labute approximate surface area is 225 Å². The lowest BCUT2D eigenvalue weighted by molar-refractivity contribution is -0.138. The van der Waals surface area contributed by atoms with E-state index in [-0.39, 0.29) is 18.4 Å². The molecule has 0 saturated heterocycles. The van der Waals surface area contributed by atoms with E-state index in [0.717, 1.165) is 36.8 Å². The Bertz CT molecular complexity index is 1060. The smallest absolute Gasteiger partial charge is 0.408 e. The van der Waals surface area contributed by atoms with Gasteiger partial charge in [0.2, 0.25) is 5.91 Å². The summed E-state index contributed by atoms with van der Waals surface area (Å²) in [7, 11) is 0. The van der Waals surface area contributed by atoms with Gasteiger partial charge in [0.15, 0.2) is 0 Å². The Balaban J connectivity index is 2.41. The summed E-state index contributed by atoms with van der Waals surface area (Å²) in [5, 5.41) is 5.92. The van der Waals surface area contributed by atoms with Gasteiger partial charge in [-0.15, -0.1) is 0 Å². The molecule has 8 heteroatoms. The monoisotopic (exact) mass is 529 g/mol. The summed E-state index contributed by atoms with van der Waals surface area (Å²) in [5.74, 6) is -0.742. The van der Waals surface area contributed by atoms with Crippen molar-refractivity contribution in [1.29, 1.82) is 0 Å². The van der Waals surface area contributed by atoms with Crippen LogP contribution in [0.3, 0.4) is 0 Å². The number of hydrogen-bond acceptors (Lipinski definition) is 4. The molecule has 0 saturated carbocycles. The van der Waals surface area contributed by atoms with Gasteiger partial charge in [-0.3, -0.25) is 9.59 Å². The van der Waals surface area contributed by atoms with Crippen molar-refractivity contribution in [2.24, 2.45) is 0 Å². The van der Waals surface area contributed by atoms with Crippen LogP contribution in [0.5, 0.6) is 0 Å². The number of rotatable bonds is 11. The zero-order chi connectivity index (χ0) is 27.6. The molecule has 37 heavy (non-hydrogen) atoms. The molecule has 0 aromatic heterocycles. The van der Waals surface area contributed by atoms with Crippen LogP contribution in [0.2, 0.25) is 5.02 Å². The van der Waals surface area contributed by atoms with E-state index in [4.69, 9.17) is 16.3 Å². The lowest BCUT2D eigenvalue weighted by Gasteiger charge is -2.33. The molecule has 202 valence electrons. The molecule has 2 rings (SSSR count). The Morgan fingerprint density at radius 3 is 2.27 bits per heavy atom. The fourth-order valence-corrected chi connectivity index (χ4v) is 4.27. The predicted octanol–water partition coefficient (Wildman–Crippen LogP) is 6.57. The second-order valence-electron chi connectivity index (χ2n) is 10.2. The molecular formula is C29H40ClN3O4. The average molecular weight is 530 g/mol. The molecule has 0 aliphatic carbocycles. The van der Waals surface area contributed by atoms with Gasteiger partial charge in [0.25, 0.3) is 5.91 Å². The zero-order valence-electron chi connectivity index (χ0n) is 22.8. The molecule has 0 fully saturated rings. The van der Waals surface area contributed by atoms with Crippen LogP contribution < -0.4 is 10.6 Å². The molecule has 7 nitrogen and oxygen atoms in total. The number of carbonyl (C=O) groups is 3. The highest BCUT2D eigenvalue weighted by Gasteiger charge is 2.33. The van der Waals surface area contributed by atoms with Crippen molar-refractivity contribution in [2.75, 3.05) is 18.4 Å². The molecule has 0 aliphatic rings. The van der Waals surface area contributed by atoms with Crippen LogP contribution in [0.4, 0.5) is 10.5 Å². The molecular weight excluding hydrogens is 490 g/mol. The zero-order valence-corrected chi connectivity index (χ0v) is 23.6. The van der Waals surface area contributed by atoms with Crippen molar-refractivity contribution < 1.29 is 19.1 Å². The Hall–Kier alpha value is -3.06. The fourth-order valence-electron chi connectivity index (χ4n) is 4.00. The molecule has 0 bridgehead atoms. The van der Waals surface area contributed by atoms with Crippen LogP contribution in [0.1, 0.15) is 76.1 Å². The van der Waals surface area contributed by atoms with Gasteiger partial charge >= 0.3 is 6.09 Å². The first-order valence-electron chi connectivity index (χ1n) is 12.8. The maximum absolute atomic E-state index is 13.9. The Morgan fingerprint density at radius 2 is 1.65 bits per heavy atom. The number of hydrogen-bond donors (Lipinski definition) is 2. The SMILES string of the molecule is CCCCCCN(C(=O)CNC(=O)OC(C)(C)C)C(C(=O)Nc1c(C)cccc1Cl)c1ccccc1C.